The minimum atomic E-state index is -1.30. The van der Waals surface area contributed by atoms with Crippen LogP contribution in [0.4, 0.5) is 0 Å². The van der Waals surface area contributed by atoms with Crippen molar-refractivity contribution in [3.8, 4) is 0 Å². The second-order valence-electron chi connectivity index (χ2n) is 5.05. The zero-order chi connectivity index (χ0) is 16.6. The number of nitrogens with zero attached hydrogens (tertiary/aromatic N) is 2. The average Bonchev–Trinajstić information content (AvgIpc) is 3.05. The van der Waals surface area contributed by atoms with E-state index in [2.05, 4.69) is 20.5 Å². The molecular formula is C12H17N5O6. The summed E-state index contributed by atoms with van der Waals surface area (Å²) in [5.74, 6) is 2.32. The lowest BCUT2D eigenvalue weighted by molar-refractivity contribution is -0.290. The van der Waals surface area contributed by atoms with Gasteiger partial charge in [0.15, 0.2) is 18.0 Å². The van der Waals surface area contributed by atoms with Gasteiger partial charge in [-0.05, 0) is 0 Å². The molecule has 3 aliphatic rings. The van der Waals surface area contributed by atoms with Crippen LogP contribution in [-0.4, -0.2) is 71.8 Å². The first kappa shape index (κ1) is 15.7. The molecule has 0 aromatic rings. The molecule has 0 bridgehead atoms. The van der Waals surface area contributed by atoms with Gasteiger partial charge in [0.25, 0.3) is 0 Å². The van der Waals surface area contributed by atoms with Crippen molar-refractivity contribution in [2.45, 2.75) is 24.5 Å². The highest BCUT2D eigenvalue weighted by Gasteiger charge is 2.50. The van der Waals surface area contributed by atoms with Crippen LogP contribution < -0.4 is 16.4 Å². The zero-order valence-corrected chi connectivity index (χ0v) is 12.2. The van der Waals surface area contributed by atoms with E-state index in [1.165, 1.54) is 12.0 Å². The SMILES string of the molecule is COOC[C@H]1O[C@@H](N2C(=C=O)NC3=C(N)NCN=C32)[C@H](O)[C@@H]1O. The molecule has 0 saturated carbocycles. The summed E-state index contributed by atoms with van der Waals surface area (Å²) in [6.07, 6.45) is -4.42. The molecule has 11 nitrogen and oxygen atoms in total. The molecule has 2 fully saturated rings. The van der Waals surface area contributed by atoms with Crippen LogP contribution in [0.25, 0.3) is 0 Å². The van der Waals surface area contributed by atoms with Crippen molar-refractivity contribution in [2.75, 3.05) is 20.4 Å². The first-order valence-electron chi connectivity index (χ1n) is 6.85. The summed E-state index contributed by atoms with van der Waals surface area (Å²) in [7, 11) is 1.32. The number of amidine groups is 1. The van der Waals surface area contributed by atoms with Crippen LogP contribution in [0.15, 0.2) is 22.3 Å². The zero-order valence-electron chi connectivity index (χ0n) is 12.2. The second kappa shape index (κ2) is 6.16. The molecule has 0 amide bonds. The Morgan fingerprint density at radius 1 is 1.52 bits per heavy atom. The Morgan fingerprint density at radius 2 is 2.30 bits per heavy atom. The van der Waals surface area contributed by atoms with E-state index in [1.807, 2.05) is 0 Å². The normalized spacial score (nSPS) is 33.1. The number of carbonyl (C=O) groups excluding carboxylic acids is 1. The number of hydrogen-bond donors (Lipinski definition) is 5. The third-order valence-electron chi connectivity index (χ3n) is 3.74. The third kappa shape index (κ3) is 2.55. The molecule has 4 atom stereocenters. The van der Waals surface area contributed by atoms with E-state index in [9.17, 15) is 15.0 Å². The number of hydrogen-bond acceptors (Lipinski definition) is 11. The predicted molar refractivity (Wildman–Crippen MR) is 74.5 cm³/mol. The van der Waals surface area contributed by atoms with Crippen LogP contribution in [0.1, 0.15) is 0 Å². The Bertz CT molecular complexity index is 601. The van der Waals surface area contributed by atoms with Gasteiger partial charge < -0.3 is 31.3 Å². The molecule has 0 spiro atoms. The summed E-state index contributed by atoms with van der Waals surface area (Å²) in [4.78, 5) is 26.0. The molecule has 6 N–H and O–H groups in total. The fourth-order valence-electron chi connectivity index (χ4n) is 2.63. The molecule has 0 aliphatic carbocycles. The number of nitrogens with one attached hydrogen (secondary N) is 2. The van der Waals surface area contributed by atoms with E-state index in [1.54, 1.807) is 5.94 Å². The number of ether oxygens (including phenoxy) is 1. The van der Waals surface area contributed by atoms with Crippen molar-refractivity contribution >= 4 is 11.8 Å². The van der Waals surface area contributed by atoms with Crippen LogP contribution in [0.5, 0.6) is 0 Å². The number of aliphatic imine (C=N–C) groups is 1. The van der Waals surface area contributed by atoms with Gasteiger partial charge in [0.1, 0.15) is 43.1 Å². The summed E-state index contributed by atoms with van der Waals surface area (Å²) >= 11 is 0. The number of aliphatic hydroxyl groups excluding tert-OH is 2. The number of fused-ring (bicyclic) bond motifs is 1. The summed E-state index contributed by atoms with van der Waals surface area (Å²) in [5, 5.41) is 25.9. The second-order valence-corrected chi connectivity index (χ2v) is 5.05. The molecule has 23 heavy (non-hydrogen) atoms. The molecule has 126 valence electrons. The first-order chi connectivity index (χ1) is 11.1. The number of rotatable bonds is 4. The minimum Gasteiger partial charge on any atom is -0.387 e. The lowest BCUT2D eigenvalue weighted by Crippen LogP contribution is -2.45. The van der Waals surface area contributed by atoms with Crippen molar-refractivity contribution in [1.29, 1.82) is 0 Å². The summed E-state index contributed by atoms with van der Waals surface area (Å²) in [6.45, 7) is 0.113. The van der Waals surface area contributed by atoms with Gasteiger partial charge in [0.2, 0.25) is 5.82 Å². The molecule has 0 aromatic heterocycles. The van der Waals surface area contributed by atoms with E-state index in [-0.39, 0.29) is 19.1 Å². The van der Waals surface area contributed by atoms with E-state index in [4.69, 9.17) is 15.4 Å². The van der Waals surface area contributed by atoms with Crippen molar-refractivity contribution in [3.05, 3.63) is 17.3 Å². The van der Waals surface area contributed by atoms with Gasteiger partial charge in [0.05, 0.1) is 7.11 Å². The van der Waals surface area contributed by atoms with Crippen LogP contribution in [0.3, 0.4) is 0 Å². The van der Waals surface area contributed by atoms with Gasteiger partial charge >= 0.3 is 0 Å². The maximum atomic E-state index is 11.2. The van der Waals surface area contributed by atoms with Crippen molar-refractivity contribution in [1.82, 2.24) is 15.5 Å². The molecule has 3 heterocycles. The maximum absolute atomic E-state index is 11.2. The maximum Gasteiger partial charge on any atom is 0.201 e. The predicted octanol–water partition coefficient (Wildman–Crippen LogP) is -3.32. The van der Waals surface area contributed by atoms with Crippen molar-refractivity contribution in [2.24, 2.45) is 10.7 Å². The fourth-order valence-corrected chi connectivity index (χ4v) is 2.63. The monoisotopic (exact) mass is 327 g/mol. The van der Waals surface area contributed by atoms with Crippen LogP contribution in [0.2, 0.25) is 0 Å². The Labute approximate surface area is 130 Å². The average molecular weight is 327 g/mol. The van der Waals surface area contributed by atoms with Gasteiger partial charge in [-0.2, -0.15) is 0 Å². The molecule has 3 rings (SSSR count). The quantitative estimate of drug-likeness (QED) is 0.201. The summed E-state index contributed by atoms with van der Waals surface area (Å²) in [6, 6.07) is 0. The van der Waals surface area contributed by atoms with Crippen LogP contribution >= 0.6 is 0 Å². The minimum absolute atomic E-state index is 0.0186. The van der Waals surface area contributed by atoms with Crippen LogP contribution in [-0.2, 0) is 19.3 Å². The Morgan fingerprint density at radius 3 is 3.00 bits per heavy atom. The smallest absolute Gasteiger partial charge is 0.201 e. The molecule has 11 heteroatoms. The van der Waals surface area contributed by atoms with Gasteiger partial charge in [-0.15, -0.1) is 0 Å². The van der Waals surface area contributed by atoms with Crippen molar-refractivity contribution in [3.63, 3.8) is 0 Å². The van der Waals surface area contributed by atoms with E-state index >= 15 is 0 Å². The highest BCUT2D eigenvalue weighted by Crippen LogP contribution is 2.31. The molecule has 3 aliphatic heterocycles. The molecule has 0 unspecified atom stereocenters. The Hall–Kier alpha value is -2.14. The van der Waals surface area contributed by atoms with Crippen molar-refractivity contribution < 1.29 is 29.5 Å². The van der Waals surface area contributed by atoms with Gasteiger partial charge in [-0.1, -0.05) is 0 Å². The van der Waals surface area contributed by atoms with Gasteiger partial charge in [0, 0.05) is 0 Å². The number of nitrogens with two attached hydrogens (primary N) is 1. The Kier molecular flexibility index (Phi) is 4.22. The lowest BCUT2D eigenvalue weighted by atomic mass is 10.1. The van der Waals surface area contributed by atoms with E-state index < -0.39 is 24.5 Å². The topological polar surface area (TPSA) is 151 Å². The molecule has 0 radical (unpaired) electrons. The highest BCUT2D eigenvalue weighted by molar-refractivity contribution is 6.04. The summed E-state index contributed by atoms with van der Waals surface area (Å²) < 4.78 is 5.60. The van der Waals surface area contributed by atoms with Gasteiger partial charge in [-0.3, -0.25) is 4.90 Å². The lowest BCUT2D eigenvalue weighted by Gasteiger charge is -2.27. The van der Waals surface area contributed by atoms with Crippen LogP contribution in [0, 0.1) is 0 Å². The standard InChI is InChI=1S/C12H17N5O6/c1-21-22-3-5-8(19)9(20)12(23-5)17-6(2-18)16-7-10(13)14-4-15-11(7)17/h5,8-9,12,14,16,19-20H,3-4,13H2,1H3/t5-,8-,9-,12-/m1/s1. The van der Waals surface area contributed by atoms with E-state index in [0.717, 1.165) is 0 Å². The highest BCUT2D eigenvalue weighted by atomic mass is 17.2. The summed E-state index contributed by atoms with van der Waals surface area (Å²) in [5.41, 5.74) is 6.20. The molecule has 0 aromatic carbocycles. The number of aliphatic hydroxyl groups is 2. The molecular weight excluding hydrogens is 310 g/mol. The van der Waals surface area contributed by atoms with E-state index in [0.29, 0.717) is 17.4 Å². The van der Waals surface area contributed by atoms with Gasteiger partial charge in [-0.25, -0.2) is 19.6 Å². The molecule has 2 saturated heterocycles. The largest absolute Gasteiger partial charge is 0.387 e. The first-order valence-corrected chi connectivity index (χ1v) is 6.85. The fraction of sp³-hybridized carbons (Fsp3) is 0.583. The third-order valence-corrected chi connectivity index (χ3v) is 3.74. The Balaban J connectivity index is 1.88.